The van der Waals surface area contributed by atoms with Crippen molar-refractivity contribution in [3.05, 3.63) is 77.5 Å². The molecule has 0 aliphatic carbocycles. The zero-order valence-electron chi connectivity index (χ0n) is 17.8. The van der Waals surface area contributed by atoms with Gasteiger partial charge in [0.2, 0.25) is 0 Å². The number of imide groups is 1. The van der Waals surface area contributed by atoms with Crippen molar-refractivity contribution in [3.63, 3.8) is 0 Å². The summed E-state index contributed by atoms with van der Waals surface area (Å²) >= 11 is 0. The SMILES string of the molecule is CC(C)CN1C(=O)C(c2ccccc2)=C(N2CCN(Cc3ccccc3)CC2)C1=O. The fraction of sp³-hybridized carbons (Fsp3) is 0.360. The zero-order chi connectivity index (χ0) is 21.1. The van der Waals surface area contributed by atoms with Gasteiger partial charge in [-0.2, -0.15) is 0 Å². The molecule has 2 amide bonds. The Labute approximate surface area is 178 Å². The molecule has 156 valence electrons. The van der Waals surface area contributed by atoms with Crippen LogP contribution in [0.1, 0.15) is 25.0 Å². The van der Waals surface area contributed by atoms with Crippen molar-refractivity contribution in [1.82, 2.24) is 14.7 Å². The van der Waals surface area contributed by atoms with Gasteiger partial charge < -0.3 is 4.90 Å². The molecule has 0 bridgehead atoms. The summed E-state index contributed by atoms with van der Waals surface area (Å²) in [6.07, 6.45) is 0. The number of amides is 2. The Bertz CT molecular complexity index is 929. The first-order valence-corrected chi connectivity index (χ1v) is 10.7. The first-order valence-electron chi connectivity index (χ1n) is 10.7. The van der Waals surface area contributed by atoms with E-state index < -0.39 is 0 Å². The van der Waals surface area contributed by atoms with E-state index in [0.717, 1.165) is 38.3 Å². The Morgan fingerprint density at radius 3 is 2.00 bits per heavy atom. The molecule has 5 nitrogen and oxygen atoms in total. The maximum absolute atomic E-state index is 13.3. The molecule has 1 fully saturated rings. The van der Waals surface area contributed by atoms with Crippen LogP contribution >= 0.6 is 0 Å². The van der Waals surface area contributed by atoms with E-state index >= 15 is 0 Å². The van der Waals surface area contributed by atoms with Crippen molar-refractivity contribution in [2.24, 2.45) is 5.92 Å². The van der Waals surface area contributed by atoms with Crippen molar-refractivity contribution < 1.29 is 9.59 Å². The third-order valence-electron chi connectivity index (χ3n) is 5.69. The van der Waals surface area contributed by atoms with Gasteiger partial charge in [0.1, 0.15) is 5.70 Å². The van der Waals surface area contributed by atoms with Gasteiger partial charge in [0.25, 0.3) is 11.8 Å². The van der Waals surface area contributed by atoms with E-state index in [1.807, 2.05) is 50.2 Å². The van der Waals surface area contributed by atoms with Crippen LogP contribution in [0.25, 0.3) is 5.57 Å². The number of benzene rings is 2. The third-order valence-corrected chi connectivity index (χ3v) is 5.69. The highest BCUT2D eigenvalue weighted by Gasteiger charge is 2.42. The second-order valence-electron chi connectivity index (χ2n) is 8.45. The summed E-state index contributed by atoms with van der Waals surface area (Å²) < 4.78 is 0. The summed E-state index contributed by atoms with van der Waals surface area (Å²) in [4.78, 5) is 32.5. The fourth-order valence-corrected chi connectivity index (χ4v) is 4.22. The predicted octanol–water partition coefficient (Wildman–Crippen LogP) is 3.24. The molecular formula is C25H29N3O2. The number of rotatable bonds is 6. The maximum Gasteiger partial charge on any atom is 0.277 e. The molecule has 0 spiro atoms. The zero-order valence-corrected chi connectivity index (χ0v) is 17.8. The lowest BCUT2D eigenvalue weighted by Gasteiger charge is -2.36. The summed E-state index contributed by atoms with van der Waals surface area (Å²) in [6, 6.07) is 20.1. The lowest BCUT2D eigenvalue weighted by Crippen LogP contribution is -2.47. The van der Waals surface area contributed by atoms with Gasteiger partial charge in [-0.25, -0.2) is 0 Å². The molecule has 2 aliphatic heterocycles. The molecule has 2 heterocycles. The molecule has 0 unspecified atom stereocenters. The average Bonchev–Trinajstić information content (AvgIpc) is 3.00. The van der Waals surface area contributed by atoms with E-state index in [-0.39, 0.29) is 17.7 Å². The van der Waals surface area contributed by atoms with E-state index in [0.29, 0.717) is 17.8 Å². The van der Waals surface area contributed by atoms with Crippen LogP contribution in [0.15, 0.2) is 66.4 Å². The Morgan fingerprint density at radius 1 is 0.800 bits per heavy atom. The van der Waals surface area contributed by atoms with Gasteiger partial charge in [-0.3, -0.25) is 19.4 Å². The van der Waals surface area contributed by atoms with Crippen LogP contribution in [0, 0.1) is 5.92 Å². The highest BCUT2D eigenvalue weighted by molar-refractivity contribution is 6.35. The molecule has 1 saturated heterocycles. The highest BCUT2D eigenvalue weighted by Crippen LogP contribution is 2.32. The number of carbonyl (C=O) groups is 2. The summed E-state index contributed by atoms with van der Waals surface area (Å²) in [5.41, 5.74) is 3.25. The van der Waals surface area contributed by atoms with Crippen molar-refractivity contribution in [2.75, 3.05) is 32.7 Å². The maximum atomic E-state index is 13.3. The normalized spacial score (nSPS) is 18.1. The Balaban J connectivity index is 1.56. The molecule has 0 radical (unpaired) electrons. The minimum absolute atomic E-state index is 0.149. The quantitative estimate of drug-likeness (QED) is 0.695. The summed E-state index contributed by atoms with van der Waals surface area (Å²) in [5, 5.41) is 0. The van der Waals surface area contributed by atoms with Crippen LogP contribution < -0.4 is 0 Å². The second kappa shape index (κ2) is 8.84. The van der Waals surface area contributed by atoms with Gasteiger partial charge in [-0.05, 0) is 17.0 Å². The lowest BCUT2D eigenvalue weighted by molar-refractivity contribution is -0.138. The second-order valence-corrected chi connectivity index (χ2v) is 8.45. The van der Waals surface area contributed by atoms with E-state index in [9.17, 15) is 9.59 Å². The van der Waals surface area contributed by atoms with Gasteiger partial charge in [0.05, 0.1) is 5.57 Å². The third kappa shape index (κ3) is 4.17. The predicted molar refractivity (Wildman–Crippen MR) is 118 cm³/mol. The van der Waals surface area contributed by atoms with Crippen molar-refractivity contribution in [3.8, 4) is 0 Å². The van der Waals surface area contributed by atoms with Gasteiger partial charge in [0.15, 0.2) is 0 Å². The smallest absolute Gasteiger partial charge is 0.277 e. The van der Waals surface area contributed by atoms with Crippen LogP contribution in [0.5, 0.6) is 0 Å². The average molecular weight is 404 g/mol. The minimum Gasteiger partial charge on any atom is -0.364 e. The van der Waals surface area contributed by atoms with Crippen LogP contribution in [0.4, 0.5) is 0 Å². The number of hydrogen-bond donors (Lipinski definition) is 0. The molecule has 2 aromatic carbocycles. The topological polar surface area (TPSA) is 43.9 Å². The minimum atomic E-state index is -0.165. The molecule has 5 heteroatoms. The molecular weight excluding hydrogens is 374 g/mol. The van der Waals surface area contributed by atoms with Gasteiger partial charge in [-0.1, -0.05) is 74.5 Å². The van der Waals surface area contributed by atoms with Crippen LogP contribution in [-0.4, -0.2) is 59.2 Å². The van der Waals surface area contributed by atoms with Gasteiger partial charge >= 0.3 is 0 Å². The van der Waals surface area contributed by atoms with E-state index in [4.69, 9.17) is 0 Å². The lowest BCUT2D eigenvalue weighted by atomic mass is 10.0. The molecule has 2 aromatic rings. The van der Waals surface area contributed by atoms with Crippen LogP contribution in [0.3, 0.4) is 0 Å². The number of nitrogens with zero attached hydrogens (tertiary/aromatic N) is 3. The summed E-state index contributed by atoms with van der Waals surface area (Å²) in [6.45, 7) is 8.64. The highest BCUT2D eigenvalue weighted by atomic mass is 16.2. The molecule has 2 aliphatic rings. The largest absolute Gasteiger partial charge is 0.364 e. The fourth-order valence-electron chi connectivity index (χ4n) is 4.22. The van der Waals surface area contributed by atoms with Crippen LogP contribution in [0.2, 0.25) is 0 Å². The molecule has 4 rings (SSSR count). The monoisotopic (exact) mass is 403 g/mol. The van der Waals surface area contributed by atoms with Crippen molar-refractivity contribution in [1.29, 1.82) is 0 Å². The molecule has 30 heavy (non-hydrogen) atoms. The molecule has 0 atom stereocenters. The Morgan fingerprint density at radius 2 is 1.40 bits per heavy atom. The number of carbonyl (C=O) groups excluding carboxylic acids is 2. The number of hydrogen-bond acceptors (Lipinski definition) is 4. The first kappa shape index (κ1) is 20.4. The van der Waals surface area contributed by atoms with Crippen LogP contribution in [-0.2, 0) is 16.1 Å². The standard InChI is InChI=1S/C25H29N3O2/c1-19(2)17-28-24(29)22(21-11-7-4-8-12-21)23(25(28)30)27-15-13-26(14-16-27)18-20-9-5-3-6-10-20/h3-12,19H,13-18H2,1-2H3. The van der Waals surface area contributed by atoms with Gasteiger partial charge in [-0.15, -0.1) is 0 Å². The van der Waals surface area contributed by atoms with Crippen molar-refractivity contribution >= 4 is 17.4 Å². The van der Waals surface area contributed by atoms with E-state index in [1.54, 1.807) is 0 Å². The molecule has 0 aromatic heterocycles. The molecule has 0 N–H and O–H groups in total. The van der Waals surface area contributed by atoms with E-state index in [1.165, 1.54) is 10.5 Å². The number of piperazine rings is 1. The van der Waals surface area contributed by atoms with Gasteiger partial charge in [0, 0.05) is 39.3 Å². The summed E-state index contributed by atoms with van der Waals surface area (Å²) in [7, 11) is 0. The van der Waals surface area contributed by atoms with Crippen molar-refractivity contribution in [2.45, 2.75) is 20.4 Å². The van der Waals surface area contributed by atoms with E-state index in [2.05, 4.69) is 34.1 Å². The first-order chi connectivity index (χ1) is 14.5. The summed E-state index contributed by atoms with van der Waals surface area (Å²) in [5.74, 6) is -0.0809. The Kier molecular flexibility index (Phi) is 6.00. The molecule has 0 saturated carbocycles. The Hall–Kier alpha value is -2.92.